The maximum absolute atomic E-state index is 12.4. The minimum Gasteiger partial charge on any atom is -0.324 e. The minimum absolute atomic E-state index is 0.104. The maximum atomic E-state index is 12.4. The molecule has 0 aliphatic rings. The fourth-order valence-electron chi connectivity index (χ4n) is 1.65. The molecule has 5 nitrogen and oxygen atoms in total. The quantitative estimate of drug-likeness (QED) is 0.822. The summed E-state index contributed by atoms with van der Waals surface area (Å²) in [6, 6.07) is 7.44. The first-order chi connectivity index (χ1) is 9.32. The van der Waals surface area contributed by atoms with Crippen molar-refractivity contribution < 1.29 is 8.42 Å². The number of aromatic nitrogens is 2. The van der Waals surface area contributed by atoms with E-state index in [0.717, 1.165) is 10.0 Å². The number of hydrogen-bond donors (Lipinski definition) is 0. The number of rotatable bonds is 4. The van der Waals surface area contributed by atoms with Gasteiger partial charge in [0.25, 0.3) is 10.0 Å². The predicted octanol–water partition coefficient (Wildman–Crippen LogP) is 2.66. The van der Waals surface area contributed by atoms with Crippen LogP contribution in [0.15, 0.2) is 40.1 Å². The summed E-state index contributed by atoms with van der Waals surface area (Å²) in [6.45, 7) is 0.252. The third-order valence-electron chi connectivity index (χ3n) is 2.81. The van der Waals surface area contributed by atoms with Gasteiger partial charge in [-0.15, -0.1) is 0 Å². The molecule has 8 heteroatoms. The van der Waals surface area contributed by atoms with Gasteiger partial charge in [0.1, 0.15) is 5.15 Å². The van der Waals surface area contributed by atoms with Crippen LogP contribution < -0.4 is 0 Å². The molecule has 1 heterocycles. The first-order valence-corrected chi connectivity index (χ1v) is 8.31. The van der Waals surface area contributed by atoms with Gasteiger partial charge < -0.3 is 4.57 Å². The van der Waals surface area contributed by atoms with Crippen LogP contribution in [-0.2, 0) is 23.6 Å². The minimum atomic E-state index is -3.70. The first kappa shape index (κ1) is 15.5. The average molecular weight is 379 g/mol. The molecule has 0 aliphatic heterocycles. The molecule has 0 fully saturated rings. The van der Waals surface area contributed by atoms with Gasteiger partial charge in [-0.05, 0) is 17.7 Å². The van der Waals surface area contributed by atoms with Crippen LogP contribution in [0.25, 0.3) is 0 Å². The lowest BCUT2D eigenvalue weighted by molar-refractivity contribution is 0.464. The molecule has 0 bridgehead atoms. The van der Waals surface area contributed by atoms with Crippen LogP contribution in [0, 0.1) is 0 Å². The van der Waals surface area contributed by atoms with Gasteiger partial charge in [-0.2, -0.15) is 4.31 Å². The molecule has 0 saturated heterocycles. The zero-order chi connectivity index (χ0) is 14.9. The molecule has 20 heavy (non-hydrogen) atoms. The maximum Gasteiger partial charge on any atom is 0.263 e. The summed E-state index contributed by atoms with van der Waals surface area (Å²) in [7, 11) is -0.555. The fraction of sp³-hybridized carbons (Fsp3) is 0.250. The second-order valence-corrected chi connectivity index (χ2v) is 7.57. The second-order valence-electron chi connectivity index (χ2n) is 4.34. The van der Waals surface area contributed by atoms with Crippen molar-refractivity contribution in [1.82, 2.24) is 13.9 Å². The van der Waals surface area contributed by atoms with E-state index in [9.17, 15) is 8.42 Å². The normalized spacial score (nSPS) is 12.1. The highest BCUT2D eigenvalue weighted by Gasteiger charge is 2.27. The predicted molar refractivity (Wildman–Crippen MR) is 81.0 cm³/mol. The molecule has 0 N–H and O–H groups in total. The van der Waals surface area contributed by atoms with E-state index in [1.807, 2.05) is 24.3 Å². The highest BCUT2D eigenvalue weighted by molar-refractivity contribution is 9.10. The molecule has 0 aliphatic carbocycles. The number of hydrogen-bond acceptors (Lipinski definition) is 3. The molecule has 0 unspecified atom stereocenters. The van der Waals surface area contributed by atoms with Crippen molar-refractivity contribution in [3.05, 3.63) is 45.8 Å². The van der Waals surface area contributed by atoms with E-state index in [1.165, 1.54) is 22.2 Å². The molecule has 0 amide bonds. The number of benzene rings is 1. The van der Waals surface area contributed by atoms with Gasteiger partial charge in [-0.25, -0.2) is 13.4 Å². The van der Waals surface area contributed by atoms with Crippen LogP contribution in [0.3, 0.4) is 0 Å². The van der Waals surface area contributed by atoms with Gasteiger partial charge in [0, 0.05) is 25.1 Å². The van der Waals surface area contributed by atoms with E-state index < -0.39 is 10.0 Å². The molecule has 1 aromatic heterocycles. The number of aryl methyl sites for hydroxylation is 1. The zero-order valence-corrected chi connectivity index (χ0v) is 14.1. The Morgan fingerprint density at radius 3 is 2.45 bits per heavy atom. The smallest absolute Gasteiger partial charge is 0.263 e. The lowest BCUT2D eigenvalue weighted by Gasteiger charge is -2.16. The van der Waals surface area contributed by atoms with Crippen molar-refractivity contribution in [2.75, 3.05) is 7.05 Å². The summed E-state index contributed by atoms with van der Waals surface area (Å²) < 4.78 is 28.4. The number of halogens is 2. The Morgan fingerprint density at radius 2 is 1.95 bits per heavy atom. The van der Waals surface area contributed by atoms with Crippen molar-refractivity contribution in [3.63, 3.8) is 0 Å². The van der Waals surface area contributed by atoms with Gasteiger partial charge in [0.15, 0.2) is 0 Å². The van der Waals surface area contributed by atoms with Crippen LogP contribution in [0.1, 0.15) is 5.56 Å². The molecule has 0 saturated carbocycles. The highest BCUT2D eigenvalue weighted by atomic mass is 79.9. The summed E-state index contributed by atoms with van der Waals surface area (Å²) in [5.74, 6) is 0. The van der Waals surface area contributed by atoms with E-state index in [-0.39, 0.29) is 16.7 Å². The average Bonchev–Trinajstić information content (AvgIpc) is 2.73. The van der Waals surface area contributed by atoms with Crippen LogP contribution >= 0.6 is 27.5 Å². The largest absolute Gasteiger partial charge is 0.324 e. The first-order valence-electron chi connectivity index (χ1n) is 5.70. The molecule has 1 aromatic carbocycles. The van der Waals surface area contributed by atoms with Gasteiger partial charge in [-0.3, -0.25) is 0 Å². The molecule has 0 spiro atoms. The van der Waals surface area contributed by atoms with E-state index in [2.05, 4.69) is 20.9 Å². The topological polar surface area (TPSA) is 55.2 Å². The zero-order valence-electron chi connectivity index (χ0n) is 10.9. The molecular weight excluding hydrogens is 366 g/mol. The highest BCUT2D eigenvalue weighted by Crippen LogP contribution is 2.23. The lowest BCUT2D eigenvalue weighted by Crippen LogP contribution is -2.27. The molecular formula is C12H13BrClN3O2S. The molecule has 2 rings (SSSR count). The van der Waals surface area contributed by atoms with Crippen LogP contribution in [0.4, 0.5) is 0 Å². The van der Waals surface area contributed by atoms with Gasteiger partial charge in [-0.1, -0.05) is 39.7 Å². The SMILES string of the molecule is CN(Cc1ccc(Br)cc1)S(=O)(=O)c1ncn(C)c1Cl. The Morgan fingerprint density at radius 1 is 1.35 bits per heavy atom. The Hall–Kier alpha value is -0.890. The fourth-order valence-corrected chi connectivity index (χ4v) is 3.45. The molecule has 2 aromatic rings. The molecule has 0 radical (unpaired) electrons. The van der Waals surface area contributed by atoms with Crippen molar-refractivity contribution in [2.24, 2.45) is 7.05 Å². The summed E-state index contributed by atoms with van der Waals surface area (Å²) in [5.41, 5.74) is 0.881. The van der Waals surface area contributed by atoms with Crippen LogP contribution in [0.2, 0.25) is 5.15 Å². The standard InChI is InChI=1S/C12H13BrClN3O2S/c1-16-8-15-12(11(16)14)20(18,19)17(2)7-9-3-5-10(13)6-4-9/h3-6,8H,7H2,1-2H3. The monoisotopic (exact) mass is 377 g/mol. The van der Waals surface area contributed by atoms with E-state index in [1.54, 1.807) is 7.05 Å². The van der Waals surface area contributed by atoms with Gasteiger partial charge in [0.05, 0.1) is 6.33 Å². The van der Waals surface area contributed by atoms with Gasteiger partial charge >= 0.3 is 0 Å². The molecule has 108 valence electrons. The van der Waals surface area contributed by atoms with Crippen LogP contribution in [0.5, 0.6) is 0 Å². The summed E-state index contributed by atoms with van der Waals surface area (Å²) in [4.78, 5) is 3.86. The van der Waals surface area contributed by atoms with Gasteiger partial charge in [0.2, 0.25) is 5.03 Å². The lowest BCUT2D eigenvalue weighted by atomic mass is 10.2. The van der Waals surface area contributed by atoms with Crippen molar-refractivity contribution in [3.8, 4) is 0 Å². The summed E-state index contributed by atoms with van der Waals surface area (Å²) in [6.07, 6.45) is 1.38. The Balaban J connectivity index is 2.26. The number of imidazole rings is 1. The van der Waals surface area contributed by atoms with Crippen molar-refractivity contribution in [1.29, 1.82) is 0 Å². The van der Waals surface area contributed by atoms with E-state index in [0.29, 0.717) is 0 Å². The summed E-state index contributed by atoms with van der Waals surface area (Å²) >= 11 is 9.29. The number of sulfonamides is 1. The Kier molecular flexibility index (Phi) is 4.53. The van der Waals surface area contributed by atoms with Crippen molar-refractivity contribution in [2.45, 2.75) is 11.6 Å². The van der Waals surface area contributed by atoms with Crippen molar-refractivity contribution >= 4 is 37.6 Å². The Labute approximate surface area is 131 Å². The number of nitrogens with zero attached hydrogens (tertiary/aromatic N) is 3. The Bertz CT molecular complexity index is 713. The second kappa shape index (κ2) is 5.85. The third kappa shape index (κ3) is 3.06. The molecule has 0 atom stereocenters. The van der Waals surface area contributed by atoms with E-state index in [4.69, 9.17) is 11.6 Å². The van der Waals surface area contributed by atoms with Crippen LogP contribution in [-0.4, -0.2) is 29.3 Å². The third-order valence-corrected chi connectivity index (χ3v) is 5.63. The summed E-state index contributed by atoms with van der Waals surface area (Å²) in [5, 5.41) is -0.0195. The van der Waals surface area contributed by atoms with E-state index >= 15 is 0 Å².